The molecule has 1 aromatic carbocycles. The van der Waals surface area contributed by atoms with Gasteiger partial charge in [-0.25, -0.2) is 9.59 Å². The van der Waals surface area contributed by atoms with E-state index in [0.717, 1.165) is 0 Å². The minimum Gasteiger partial charge on any atom is -0.451 e. The van der Waals surface area contributed by atoms with Crippen LogP contribution in [0.1, 0.15) is 23.7 Å². The van der Waals surface area contributed by atoms with Crippen LogP contribution in [-0.2, 0) is 14.3 Å². The highest BCUT2D eigenvalue weighted by Crippen LogP contribution is 2.11. The number of carbonyl (C=O) groups is 4. The Bertz CT molecular complexity index is 668. The Morgan fingerprint density at radius 1 is 1.23 bits per heavy atom. The fraction of sp³-hybridized carbons (Fsp3) is 0.375. The summed E-state index contributed by atoms with van der Waals surface area (Å²) < 4.78 is 5.02. The Morgan fingerprint density at radius 2 is 1.85 bits per heavy atom. The fourth-order valence-electron chi connectivity index (χ4n) is 1.86. The molecule has 26 heavy (non-hydrogen) atoms. The number of benzene rings is 1. The molecule has 142 valence electrons. The number of halogens is 1. The lowest BCUT2D eigenvalue weighted by atomic mass is 10.1. The molecular formula is C16H20ClN3O5S. The van der Waals surface area contributed by atoms with E-state index >= 15 is 0 Å². The minimum atomic E-state index is -1.24. The van der Waals surface area contributed by atoms with Gasteiger partial charge in [0.1, 0.15) is 6.04 Å². The van der Waals surface area contributed by atoms with Crippen molar-refractivity contribution in [2.45, 2.75) is 25.5 Å². The van der Waals surface area contributed by atoms with E-state index in [2.05, 4.69) is 5.32 Å². The Balaban J connectivity index is 2.76. The summed E-state index contributed by atoms with van der Waals surface area (Å²) in [5.41, 5.74) is 5.18. The van der Waals surface area contributed by atoms with Gasteiger partial charge < -0.3 is 15.8 Å². The average Bonchev–Trinajstić information content (AvgIpc) is 2.58. The molecule has 0 aliphatic rings. The largest absolute Gasteiger partial charge is 0.451 e. The van der Waals surface area contributed by atoms with Crippen LogP contribution in [-0.4, -0.2) is 48.0 Å². The van der Waals surface area contributed by atoms with Crippen LogP contribution in [0.25, 0.3) is 0 Å². The number of imide groups is 1. The molecule has 0 unspecified atom stereocenters. The minimum absolute atomic E-state index is 0.309. The zero-order valence-corrected chi connectivity index (χ0v) is 15.9. The molecule has 0 spiro atoms. The number of hydrogen-bond acceptors (Lipinski definition) is 6. The van der Waals surface area contributed by atoms with Gasteiger partial charge in [-0.15, -0.1) is 0 Å². The molecule has 0 bridgehead atoms. The summed E-state index contributed by atoms with van der Waals surface area (Å²) in [6.45, 7) is 1.29. The number of nitrogens with two attached hydrogens (primary N) is 1. The van der Waals surface area contributed by atoms with Crippen molar-refractivity contribution in [3.8, 4) is 0 Å². The SMILES string of the molecule is CSCC[C@@H](NC(=O)c1ccc(Cl)cc1)C(=O)O[C@H](C)C(=O)NC(N)=O. The lowest BCUT2D eigenvalue weighted by Crippen LogP contribution is -2.47. The Kier molecular flexibility index (Phi) is 8.94. The Morgan fingerprint density at radius 3 is 2.38 bits per heavy atom. The standard InChI is InChI=1S/C16H20ClN3O5S/c1-9(13(21)20-16(18)24)25-15(23)12(7-8-26-2)19-14(22)10-3-5-11(17)6-4-10/h3-6,9,12H,7-8H2,1-2H3,(H,19,22)(H3,18,20,21,24)/t9-,12-/m1/s1. The molecule has 0 aromatic heterocycles. The Hall–Kier alpha value is -2.26. The van der Waals surface area contributed by atoms with Crippen molar-refractivity contribution < 1.29 is 23.9 Å². The maximum absolute atomic E-state index is 12.3. The van der Waals surface area contributed by atoms with Gasteiger partial charge >= 0.3 is 12.0 Å². The molecule has 1 rings (SSSR count). The van der Waals surface area contributed by atoms with Gasteiger partial charge in [-0.3, -0.25) is 14.9 Å². The first-order valence-corrected chi connectivity index (χ1v) is 9.38. The summed E-state index contributed by atoms with van der Waals surface area (Å²) in [7, 11) is 0. The van der Waals surface area contributed by atoms with E-state index in [-0.39, 0.29) is 0 Å². The number of amides is 4. The van der Waals surface area contributed by atoms with Gasteiger partial charge in [0, 0.05) is 10.6 Å². The molecule has 10 heteroatoms. The number of urea groups is 1. The number of ether oxygens (including phenoxy) is 1. The molecule has 0 saturated heterocycles. The third-order valence-electron chi connectivity index (χ3n) is 3.22. The molecule has 0 aliphatic carbocycles. The first-order valence-electron chi connectivity index (χ1n) is 7.60. The van der Waals surface area contributed by atoms with Crippen LogP contribution < -0.4 is 16.4 Å². The number of thioether (sulfide) groups is 1. The summed E-state index contributed by atoms with van der Waals surface area (Å²) >= 11 is 7.27. The second kappa shape index (κ2) is 10.7. The number of rotatable bonds is 8. The van der Waals surface area contributed by atoms with E-state index in [0.29, 0.717) is 22.8 Å². The molecule has 0 saturated carbocycles. The zero-order chi connectivity index (χ0) is 19.7. The van der Waals surface area contributed by atoms with E-state index in [9.17, 15) is 19.2 Å². The molecule has 2 atom stereocenters. The van der Waals surface area contributed by atoms with Gasteiger partial charge in [0.05, 0.1) is 0 Å². The maximum Gasteiger partial charge on any atom is 0.329 e. The predicted octanol–water partition coefficient (Wildman–Crippen LogP) is 1.32. The molecule has 0 heterocycles. The predicted molar refractivity (Wildman–Crippen MR) is 99.0 cm³/mol. The van der Waals surface area contributed by atoms with Crippen LogP contribution in [0, 0.1) is 0 Å². The van der Waals surface area contributed by atoms with Crippen molar-refractivity contribution in [3.05, 3.63) is 34.9 Å². The quantitative estimate of drug-likeness (QED) is 0.563. The summed E-state index contributed by atoms with van der Waals surface area (Å²) in [6, 6.07) is 4.17. The van der Waals surface area contributed by atoms with Gasteiger partial charge in [-0.2, -0.15) is 11.8 Å². The van der Waals surface area contributed by atoms with Crippen molar-refractivity contribution in [2.24, 2.45) is 5.73 Å². The maximum atomic E-state index is 12.3. The molecule has 8 nitrogen and oxygen atoms in total. The van der Waals surface area contributed by atoms with E-state index in [4.69, 9.17) is 22.1 Å². The molecule has 4 N–H and O–H groups in total. The lowest BCUT2D eigenvalue weighted by molar-refractivity contribution is -0.156. The van der Waals surface area contributed by atoms with E-state index in [1.54, 1.807) is 12.1 Å². The third-order valence-corrected chi connectivity index (χ3v) is 4.11. The highest BCUT2D eigenvalue weighted by molar-refractivity contribution is 7.98. The Labute approximate surface area is 160 Å². The smallest absolute Gasteiger partial charge is 0.329 e. The van der Waals surface area contributed by atoms with E-state index in [1.165, 1.54) is 30.8 Å². The van der Waals surface area contributed by atoms with Crippen molar-refractivity contribution >= 4 is 47.2 Å². The van der Waals surface area contributed by atoms with Crippen molar-refractivity contribution in [1.29, 1.82) is 0 Å². The normalized spacial score (nSPS) is 12.6. The first kappa shape index (κ1) is 21.8. The van der Waals surface area contributed by atoms with Gasteiger partial charge in [0.25, 0.3) is 11.8 Å². The van der Waals surface area contributed by atoms with Gasteiger partial charge in [0.2, 0.25) is 0 Å². The van der Waals surface area contributed by atoms with Gasteiger partial charge in [-0.1, -0.05) is 11.6 Å². The third kappa shape index (κ3) is 7.32. The fourth-order valence-corrected chi connectivity index (χ4v) is 2.46. The summed E-state index contributed by atoms with van der Waals surface area (Å²) in [6.07, 6.45) is 0.926. The topological polar surface area (TPSA) is 128 Å². The van der Waals surface area contributed by atoms with Crippen molar-refractivity contribution in [3.63, 3.8) is 0 Å². The highest BCUT2D eigenvalue weighted by Gasteiger charge is 2.27. The van der Waals surface area contributed by atoms with Gasteiger partial charge in [-0.05, 0) is 49.6 Å². The monoisotopic (exact) mass is 401 g/mol. The second-order valence-corrected chi connectivity index (χ2v) is 6.67. The molecule has 4 amide bonds. The molecular weight excluding hydrogens is 382 g/mol. The van der Waals surface area contributed by atoms with Crippen LogP contribution in [0.4, 0.5) is 4.79 Å². The summed E-state index contributed by atoms with van der Waals surface area (Å²) in [4.78, 5) is 46.9. The zero-order valence-electron chi connectivity index (χ0n) is 14.3. The molecule has 0 aliphatic heterocycles. The average molecular weight is 402 g/mol. The second-order valence-electron chi connectivity index (χ2n) is 5.25. The molecule has 1 aromatic rings. The highest BCUT2D eigenvalue weighted by atomic mass is 35.5. The van der Waals surface area contributed by atoms with E-state index in [1.807, 2.05) is 11.6 Å². The summed E-state index contributed by atoms with van der Waals surface area (Å²) in [5, 5.41) is 4.88. The van der Waals surface area contributed by atoms with Crippen LogP contribution in [0.3, 0.4) is 0 Å². The molecule has 0 radical (unpaired) electrons. The number of carbonyl (C=O) groups excluding carboxylic acids is 4. The van der Waals surface area contributed by atoms with Crippen LogP contribution in [0.15, 0.2) is 24.3 Å². The van der Waals surface area contributed by atoms with Crippen LogP contribution in [0.2, 0.25) is 5.02 Å². The molecule has 0 fully saturated rings. The van der Waals surface area contributed by atoms with Crippen LogP contribution >= 0.6 is 23.4 Å². The number of hydrogen-bond donors (Lipinski definition) is 3. The lowest BCUT2D eigenvalue weighted by Gasteiger charge is -2.20. The first-order chi connectivity index (χ1) is 12.2. The summed E-state index contributed by atoms with van der Waals surface area (Å²) in [5.74, 6) is -1.52. The number of esters is 1. The number of primary amides is 1. The van der Waals surface area contributed by atoms with Crippen LogP contribution in [0.5, 0.6) is 0 Å². The van der Waals surface area contributed by atoms with E-state index < -0.39 is 36.0 Å². The van der Waals surface area contributed by atoms with Crippen molar-refractivity contribution in [2.75, 3.05) is 12.0 Å². The van der Waals surface area contributed by atoms with Crippen molar-refractivity contribution in [1.82, 2.24) is 10.6 Å². The van der Waals surface area contributed by atoms with Gasteiger partial charge in [0.15, 0.2) is 6.10 Å². The number of nitrogens with one attached hydrogen (secondary N) is 2.